The minimum Gasteiger partial charge on any atom is -0.497 e. The molecule has 218 valence electrons. The lowest BCUT2D eigenvalue weighted by molar-refractivity contribution is 0.00446. The van der Waals surface area contributed by atoms with Crippen molar-refractivity contribution in [2.24, 2.45) is 5.92 Å². The van der Waals surface area contributed by atoms with Crippen LogP contribution in [0.2, 0.25) is 0 Å². The number of aliphatic hydroxyl groups excluding tert-OH is 3. The summed E-state index contributed by atoms with van der Waals surface area (Å²) in [5.41, 5.74) is 3.40. The molecule has 3 heterocycles. The number of aromatic nitrogens is 3. The van der Waals surface area contributed by atoms with Crippen LogP contribution in [-0.4, -0.2) is 76.5 Å². The predicted molar refractivity (Wildman–Crippen MR) is 153 cm³/mol. The monoisotopic (exact) mass is 565 g/mol. The first-order valence-corrected chi connectivity index (χ1v) is 13.3. The number of rotatable bonds is 10. The van der Waals surface area contributed by atoms with E-state index in [0.29, 0.717) is 70.4 Å². The maximum atomic E-state index is 10.7. The molecule has 41 heavy (non-hydrogen) atoms. The number of furan rings is 1. The molecule has 0 radical (unpaired) electrons. The van der Waals surface area contributed by atoms with E-state index in [9.17, 15) is 15.3 Å². The van der Waals surface area contributed by atoms with Gasteiger partial charge in [0.1, 0.15) is 29.2 Å². The summed E-state index contributed by atoms with van der Waals surface area (Å²) in [4.78, 5) is 13.9. The Hall–Kier alpha value is -4.13. The molecular weight excluding hydrogens is 530 g/mol. The van der Waals surface area contributed by atoms with Crippen LogP contribution in [0.1, 0.15) is 23.4 Å². The van der Waals surface area contributed by atoms with Crippen molar-refractivity contribution < 1.29 is 33.9 Å². The number of fused-ring (bicyclic) bond motifs is 1. The Balaban J connectivity index is 1.53. The van der Waals surface area contributed by atoms with Crippen LogP contribution in [0.25, 0.3) is 22.3 Å². The molecule has 4 atom stereocenters. The number of pyridine rings is 1. The Labute approximate surface area is 237 Å². The van der Waals surface area contributed by atoms with Gasteiger partial charge in [0.25, 0.3) is 0 Å². The van der Waals surface area contributed by atoms with Crippen molar-refractivity contribution in [1.29, 1.82) is 0 Å². The molecule has 1 aliphatic rings. The molecule has 0 bridgehead atoms. The van der Waals surface area contributed by atoms with E-state index in [-0.39, 0.29) is 6.61 Å². The first kappa shape index (κ1) is 28.4. The molecule has 4 aromatic rings. The molecule has 1 aromatic carbocycles. The molecule has 0 aliphatic heterocycles. The number of nitrogens with zero attached hydrogens (tertiary/aromatic N) is 3. The fourth-order valence-corrected chi connectivity index (χ4v) is 5.23. The van der Waals surface area contributed by atoms with Gasteiger partial charge in [0, 0.05) is 36.6 Å². The minimum absolute atomic E-state index is 0.236. The van der Waals surface area contributed by atoms with Crippen LogP contribution in [0.15, 0.2) is 34.7 Å². The van der Waals surface area contributed by atoms with E-state index in [1.807, 2.05) is 32.0 Å². The number of methoxy groups -OCH3 is 3. The first-order valence-electron chi connectivity index (χ1n) is 13.3. The van der Waals surface area contributed by atoms with E-state index in [1.54, 1.807) is 33.5 Å². The smallest absolute Gasteiger partial charge is 0.225 e. The highest BCUT2D eigenvalue weighted by atomic mass is 16.5. The van der Waals surface area contributed by atoms with E-state index in [2.05, 4.69) is 15.6 Å². The zero-order chi connectivity index (χ0) is 29.3. The lowest BCUT2D eigenvalue weighted by Gasteiger charge is -2.21. The normalized spacial score (nSPS) is 20.3. The Morgan fingerprint density at radius 3 is 2.27 bits per heavy atom. The van der Waals surface area contributed by atoms with Crippen molar-refractivity contribution >= 4 is 22.7 Å². The largest absolute Gasteiger partial charge is 0.497 e. The van der Waals surface area contributed by atoms with Gasteiger partial charge in [-0.05, 0) is 44.0 Å². The maximum absolute atomic E-state index is 10.7. The van der Waals surface area contributed by atoms with E-state index in [4.69, 9.17) is 28.6 Å². The number of aliphatic hydroxyl groups is 3. The van der Waals surface area contributed by atoms with E-state index in [0.717, 1.165) is 10.9 Å². The van der Waals surface area contributed by atoms with E-state index >= 15 is 0 Å². The molecule has 12 nitrogen and oxygen atoms in total. The molecular formula is C29H35N5O7. The van der Waals surface area contributed by atoms with Gasteiger partial charge in [-0.2, -0.15) is 4.98 Å². The second-order valence-corrected chi connectivity index (χ2v) is 10.1. The van der Waals surface area contributed by atoms with Crippen LogP contribution in [0.4, 0.5) is 11.8 Å². The number of anilines is 2. The molecule has 1 saturated carbocycles. The summed E-state index contributed by atoms with van der Waals surface area (Å²) < 4.78 is 22.3. The fourth-order valence-electron chi connectivity index (χ4n) is 5.23. The minimum atomic E-state index is -1.10. The third-order valence-electron chi connectivity index (χ3n) is 7.41. The van der Waals surface area contributed by atoms with Crippen molar-refractivity contribution in [3.05, 3.63) is 47.3 Å². The van der Waals surface area contributed by atoms with E-state index < -0.39 is 24.2 Å². The van der Waals surface area contributed by atoms with Crippen LogP contribution in [0, 0.1) is 19.8 Å². The molecule has 0 spiro atoms. The predicted octanol–water partition coefficient (Wildman–Crippen LogP) is 3.05. The van der Waals surface area contributed by atoms with Gasteiger partial charge < -0.3 is 44.6 Å². The highest BCUT2D eigenvalue weighted by molar-refractivity contribution is 5.88. The molecule has 1 fully saturated rings. The average molecular weight is 566 g/mol. The topological polar surface area (TPSA) is 164 Å². The van der Waals surface area contributed by atoms with Crippen LogP contribution in [0.5, 0.6) is 17.4 Å². The fraction of sp³-hybridized carbons (Fsp3) is 0.414. The van der Waals surface area contributed by atoms with E-state index in [1.165, 1.54) is 0 Å². The zero-order valence-corrected chi connectivity index (χ0v) is 23.6. The van der Waals surface area contributed by atoms with Gasteiger partial charge in [-0.3, -0.25) is 0 Å². The number of ether oxygens (including phenoxy) is 3. The zero-order valence-electron chi connectivity index (χ0n) is 23.6. The number of hydrogen-bond donors (Lipinski definition) is 5. The molecule has 1 aliphatic carbocycles. The molecule has 5 rings (SSSR count). The lowest BCUT2D eigenvalue weighted by Crippen LogP contribution is -2.35. The van der Waals surface area contributed by atoms with Crippen LogP contribution < -0.4 is 24.8 Å². The van der Waals surface area contributed by atoms with Gasteiger partial charge >= 0.3 is 0 Å². The van der Waals surface area contributed by atoms with Gasteiger partial charge in [-0.15, -0.1) is 0 Å². The number of nitrogens with one attached hydrogen (secondary N) is 2. The first-order chi connectivity index (χ1) is 19.7. The van der Waals surface area contributed by atoms with Crippen LogP contribution in [0.3, 0.4) is 0 Å². The third-order valence-corrected chi connectivity index (χ3v) is 7.41. The summed E-state index contributed by atoms with van der Waals surface area (Å²) in [6.07, 6.45) is -1.80. The molecule has 12 heteroatoms. The summed E-state index contributed by atoms with van der Waals surface area (Å²) in [6.45, 7) is 3.84. The molecule has 0 amide bonds. The summed E-state index contributed by atoms with van der Waals surface area (Å²) in [5, 5.41) is 38.2. The summed E-state index contributed by atoms with van der Waals surface area (Å²) in [5.74, 6) is 2.60. The standard InChI is InChI=1S/C29H35N5O7/c1-14-24(22-9-17-10-23(40-5)31-15(2)27(17)41-22)28(33-21-8-18(13-35)25(36)26(21)37)34-29(32-14)30-12-16-6-19(38-3)11-20(7-16)39-4/h6-7,9-11,18,21,25-26,35-37H,8,12-13H2,1-5H3,(H2,30,32,33,34)/t18-,21-,25-,26+/m1/s1. The average Bonchev–Trinajstić information content (AvgIpc) is 3.52. The van der Waals surface area contributed by atoms with Crippen LogP contribution in [-0.2, 0) is 6.54 Å². The Morgan fingerprint density at radius 2 is 1.63 bits per heavy atom. The summed E-state index contributed by atoms with van der Waals surface area (Å²) in [7, 11) is 4.75. The summed E-state index contributed by atoms with van der Waals surface area (Å²) >= 11 is 0. The van der Waals surface area contributed by atoms with Gasteiger partial charge in [-0.1, -0.05) is 0 Å². The van der Waals surface area contributed by atoms with Crippen molar-refractivity contribution in [1.82, 2.24) is 15.0 Å². The van der Waals surface area contributed by atoms with Crippen molar-refractivity contribution in [3.8, 4) is 28.7 Å². The third kappa shape index (κ3) is 5.71. The number of hydrogen-bond acceptors (Lipinski definition) is 12. The second kappa shape index (κ2) is 11.8. The Morgan fingerprint density at radius 1 is 0.902 bits per heavy atom. The maximum Gasteiger partial charge on any atom is 0.225 e. The van der Waals surface area contributed by atoms with Crippen molar-refractivity contribution in [3.63, 3.8) is 0 Å². The molecule has 0 saturated heterocycles. The highest BCUT2D eigenvalue weighted by Gasteiger charge is 2.41. The van der Waals surface area contributed by atoms with Gasteiger partial charge in [0.2, 0.25) is 11.8 Å². The SMILES string of the molecule is COc1cc(CNc2nc(C)c(-c3cc4cc(OC)nc(C)c4o3)c(N[C@@H]3C[C@H](CO)[C@@H](O)[C@H]3O)n2)cc(OC)c1. The quantitative estimate of drug-likeness (QED) is 0.191. The Kier molecular flexibility index (Phi) is 8.15. The van der Waals surface area contributed by atoms with Crippen molar-refractivity contribution in [2.75, 3.05) is 38.6 Å². The van der Waals surface area contributed by atoms with Crippen molar-refractivity contribution in [2.45, 2.75) is 45.1 Å². The molecule has 3 aromatic heterocycles. The second-order valence-electron chi connectivity index (χ2n) is 10.1. The number of benzene rings is 1. The lowest BCUT2D eigenvalue weighted by atomic mass is 10.1. The number of aryl methyl sites for hydroxylation is 2. The highest BCUT2D eigenvalue weighted by Crippen LogP contribution is 2.38. The Bertz CT molecular complexity index is 1520. The molecule has 5 N–H and O–H groups in total. The van der Waals surface area contributed by atoms with Gasteiger partial charge in [-0.25, -0.2) is 9.97 Å². The van der Waals surface area contributed by atoms with Crippen LogP contribution >= 0.6 is 0 Å². The van der Waals surface area contributed by atoms with Gasteiger partial charge in [0.05, 0.1) is 50.4 Å². The summed E-state index contributed by atoms with van der Waals surface area (Å²) in [6, 6.07) is 8.68. The van der Waals surface area contributed by atoms with Gasteiger partial charge in [0.15, 0.2) is 5.58 Å². The molecule has 0 unspecified atom stereocenters.